The van der Waals surface area contributed by atoms with Crippen molar-refractivity contribution < 1.29 is 9.59 Å². The van der Waals surface area contributed by atoms with E-state index in [1.54, 1.807) is 0 Å². The second-order valence-corrected chi connectivity index (χ2v) is 7.27. The Morgan fingerprint density at radius 3 is 2.48 bits per heavy atom. The van der Waals surface area contributed by atoms with E-state index in [0.717, 1.165) is 21.5 Å². The SMILES string of the molecule is CC(=O)[C@H](Cc1ccccc1)NC(=O)CSc1nc(C)nc2ccccc12. The van der Waals surface area contributed by atoms with Crippen molar-refractivity contribution in [1.29, 1.82) is 0 Å². The fraction of sp³-hybridized carbons (Fsp3) is 0.238. The maximum absolute atomic E-state index is 12.4. The zero-order valence-corrected chi connectivity index (χ0v) is 16.1. The number of nitrogens with zero attached hydrogens (tertiary/aromatic N) is 2. The van der Waals surface area contributed by atoms with Gasteiger partial charge in [0.05, 0.1) is 17.3 Å². The lowest BCUT2D eigenvalue weighted by Crippen LogP contribution is -2.42. The van der Waals surface area contributed by atoms with Gasteiger partial charge in [0.1, 0.15) is 10.9 Å². The minimum atomic E-state index is -0.524. The first-order chi connectivity index (χ1) is 13.0. The van der Waals surface area contributed by atoms with Crippen molar-refractivity contribution in [3.05, 3.63) is 66.0 Å². The number of thioether (sulfide) groups is 1. The predicted molar refractivity (Wildman–Crippen MR) is 108 cm³/mol. The number of carbonyl (C=O) groups is 2. The first-order valence-corrected chi connectivity index (χ1v) is 9.71. The molecule has 2 aromatic carbocycles. The summed E-state index contributed by atoms with van der Waals surface area (Å²) in [5.74, 6) is 0.623. The molecular formula is C21H21N3O2S. The summed E-state index contributed by atoms with van der Waals surface area (Å²) in [5, 5.41) is 4.54. The molecule has 0 aliphatic carbocycles. The molecule has 0 spiro atoms. The van der Waals surface area contributed by atoms with Gasteiger partial charge in [-0.25, -0.2) is 9.97 Å². The lowest BCUT2D eigenvalue weighted by molar-refractivity contribution is -0.125. The highest BCUT2D eigenvalue weighted by molar-refractivity contribution is 8.00. The maximum atomic E-state index is 12.4. The maximum Gasteiger partial charge on any atom is 0.231 e. The predicted octanol–water partition coefficient (Wildman–Crippen LogP) is 3.35. The van der Waals surface area contributed by atoms with Crippen LogP contribution in [0.25, 0.3) is 10.9 Å². The van der Waals surface area contributed by atoms with Gasteiger partial charge in [0.25, 0.3) is 0 Å². The molecule has 0 saturated heterocycles. The lowest BCUT2D eigenvalue weighted by atomic mass is 10.0. The number of hydrogen-bond donors (Lipinski definition) is 1. The van der Waals surface area contributed by atoms with Gasteiger partial charge in [0.15, 0.2) is 5.78 Å². The summed E-state index contributed by atoms with van der Waals surface area (Å²) < 4.78 is 0. The van der Waals surface area contributed by atoms with Gasteiger partial charge in [-0.3, -0.25) is 9.59 Å². The number of nitrogens with one attached hydrogen (secondary N) is 1. The van der Waals surface area contributed by atoms with Crippen molar-refractivity contribution in [2.75, 3.05) is 5.75 Å². The molecular weight excluding hydrogens is 358 g/mol. The van der Waals surface area contributed by atoms with Crippen molar-refractivity contribution in [2.24, 2.45) is 0 Å². The number of ketones is 1. The Kier molecular flexibility index (Phi) is 6.19. The third kappa shape index (κ3) is 5.14. The van der Waals surface area contributed by atoms with E-state index >= 15 is 0 Å². The molecule has 3 aromatic rings. The Balaban J connectivity index is 1.66. The highest BCUT2D eigenvalue weighted by Crippen LogP contribution is 2.25. The molecule has 6 heteroatoms. The summed E-state index contributed by atoms with van der Waals surface area (Å²) >= 11 is 1.36. The zero-order chi connectivity index (χ0) is 19.2. The van der Waals surface area contributed by atoms with E-state index in [2.05, 4.69) is 15.3 Å². The van der Waals surface area contributed by atoms with Crippen LogP contribution < -0.4 is 5.32 Å². The summed E-state index contributed by atoms with van der Waals surface area (Å²) in [6, 6.07) is 16.9. The Morgan fingerprint density at radius 1 is 1.04 bits per heavy atom. The highest BCUT2D eigenvalue weighted by atomic mass is 32.2. The van der Waals surface area contributed by atoms with Crippen LogP contribution in [0.5, 0.6) is 0 Å². The Hall–Kier alpha value is -2.73. The third-order valence-corrected chi connectivity index (χ3v) is 5.12. The molecule has 0 aliphatic rings. The van der Waals surface area contributed by atoms with E-state index < -0.39 is 6.04 Å². The molecule has 1 aromatic heterocycles. The number of carbonyl (C=O) groups excluding carboxylic acids is 2. The number of amides is 1. The Morgan fingerprint density at radius 2 is 1.74 bits per heavy atom. The quantitative estimate of drug-likeness (QED) is 0.503. The van der Waals surface area contributed by atoms with E-state index in [0.29, 0.717) is 12.2 Å². The summed E-state index contributed by atoms with van der Waals surface area (Å²) in [6.07, 6.45) is 0.488. The van der Waals surface area contributed by atoms with E-state index in [9.17, 15) is 9.59 Å². The van der Waals surface area contributed by atoms with Gasteiger partial charge in [0.2, 0.25) is 5.91 Å². The zero-order valence-electron chi connectivity index (χ0n) is 15.3. The number of aromatic nitrogens is 2. The van der Waals surface area contributed by atoms with Crippen molar-refractivity contribution in [3.63, 3.8) is 0 Å². The van der Waals surface area contributed by atoms with Crippen LogP contribution in [-0.2, 0) is 16.0 Å². The van der Waals surface area contributed by atoms with Crippen molar-refractivity contribution >= 4 is 34.4 Å². The topological polar surface area (TPSA) is 72.0 Å². The minimum absolute atomic E-state index is 0.0551. The average Bonchev–Trinajstić information content (AvgIpc) is 2.66. The van der Waals surface area contributed by atoms with Gasteiger partial charge in [0, 0.05) is 5.39 Å². The van der Waals surface area contributed by atoms with Crippen LogP contribution in [0.4, 0.5) is 0 Å². The monoisotopic (exact) mass is 379 g/mol. The molecule has 0 unspecified atom stereocenters. The van der Waals surface area contributed by atoms with Crippen molar-refractivity contribution in [1.82, 2.24) is 15.3 Å². The Labute approximate surface area is 162 Å². The summed E-state index contributed by atoms with van der Waals surface area (Å²) in [6.45, 7) is 3.34. The highest BCUT2D eigenvalue weighted by Gasteiger charge is 2.18. The van der Waals surface area contributed by atoms with Crippen LogP contribution >= 0.6 is 11.8 Å². The number of hydrogen-bond acceptors (Lipinski definition) is 5. The molecule has 0 bridgehead atoms. The number of benzene rings is 2. The number of fused-ring (bicyclic) bond motifs is 1. The number of rotatable bonds is 7. The largest absolute Gasteiger partial charge is 0.345 e. The molecule has 0 radical (unpaired) electrons. The van der Waals surface area contributed by atoms with Crippen molar-refractivity contribution in [3.8, 4) is 0 Å². The smallest absolute Gasteiger partial charge is 0.231 e. The molecule has 0 fully saturated rings. The second kappa shape index (κ2) is 8.77. The number of Topliss-reactive ketones (excluding diaryl/α,β-unsaturated/α-hetero) is 1. The van der Waals surface area contributed by atoms with E-state index in [4.69, 9.17) is 0 Å². The second-order valence-electron chi connectivity index (χ2n) is 6.30. The molecule has 1 atom stereocenters. The fourth-order valence-corrected chi connectivity index (χ4v) is 3.66. The molecule has 1 amide bonds. The number of aryl methyl sites for hydroxylation is 1. The van der Waals surface area contributed by atoms with Crippen LogP contribution in [0.2, 0.25) is 0 Å². The van der Waals surface area contributed by atoms with E-state index in [1.807, 2.05) is 61.5 Å². The van der Waals surface area contributed by atoms with Gasteiger partial charge in [-0.1, -0.05) is 60.3 Å². The minimum Gasteiger partial charge on any atom is -0.345 e. The van der Waals surface area contributed by atoms with Crippen LogP contribution in [0.1, 0.15) is 18.3 Å². The van der Waals surface area contributed by atoms with Crippen LogP contribution in [0.15, 0.2) is 59.6 Å². The molecule has 27 heavy (non-hydrogen) atoms. The van der Waals surface area contributed by atoms with Gasteiger partial charge >= 0.3 is 0 Å². The van der Waals surface area contributed by atoms with Gasteiger partial charge in [-0.05, 0) is 31.9 Å². The van der Waals surface area contributed by atoms with E-state index in [1.165, 1.54) is 18.7 Å². The van der Waals surface area contributed by atoms with Gasteiger partial charge in [-0.2, -0.15) is 0 Å². The third-order valence-electron chi connectivity index (χ3n) is 4.13. The fourth-order valence-electron chi connectivity index (χ4n) is 2.78. The summed E-state index contributed by atoms with van der Waals surface area (Å²) in [5.41, 5.74) is 1.88. The van der Waals surface area contributed by atoms with Crippen LogP contribution in [-0.4, -0.2) is 33.5 Å². The molecule has 3 rings (SSSR count). The van der Waals surface area contributed by atoms with Gasteiger partial charge in [-0.15, -0.1) is 0 Å². The first kappa shape index (κ1) is 19.0. The molecule has 0 saturated carbocycles. The molecule has 138 valence electrons. The molecule has 1 heterocycles. The number of para-hydroxylation sites is 1. The summed E-state index contributed by atoms with van der Waals surface area (Å²) in [7, 11) is 0. The molecule has 5 nitrogen and oxygen atoms in total. The molecule has 1 N–H and O–H groups in total. The van der Waals surface area contributed by atoms with E-state index in [-0.39, 0.29) is 17.4 Å². The standard InChI is InChI=1S/C21H21N3O2S/c1-14(25)19(12-16-8-4-3-5-9-16)24-20(26)13-27-21-17-10-6-7-11-18(17)22-15(2)23-21/h3-11,19H,12-13H2,1-2H3,(H,24,26)/t19-/m0/s1. The first-order valence-electron chi connectivity index (χ1n) is 8.73. The normalized spacial score (nSPS) is 11.9. The molecule has 0 aliphatic heterocycles. The lowest BCUT2D eigenvalue weighted by Gasteiger charge is -2.16. The van der Waals surface area contributed by atoms with Crippen LogP contribution in [0, 0.1) is 6.92 Å². The van der Waals surface area contributed by atoms with Crippen molar-refractivity contribution in [2.45, 2.75) is 31.3 Å². The average molecular weight is 379 g/mol. The summed E-state index contributed by atoms with van der Waals surface area (Å²) in [4.78, 5) is 33.2. The Bertz CT molecular complexity index is 960. The van der Waals surface area contributed by atoms with Crippen LogP contribution in [0.3, 0.4) is 0 Å². The van der Waals surface area contributed by atoms with Gasteiger partial charge < -0.3 is 5.32 Å².